The molecule has 0 radical (unpaired) electrons. The Hall–Kier alpha value is -3.79. The summed E-state index contributed by atoms with van der Waals surface area (Å²) >= 11 is 0. The van der Waals surface area contributed by atoms with E-state index in [4.69, 9.17) is 5.73 Å². The van der Waals surface area contributed by atoms with E-state index in [2.05, 4.69) is 9.97 Å². The molecule has 0 atom stereocenters. The molecule has 2 aromatic heterocycles. The van der Waals surface area contributed by atoms with Gasteiger partial charge in [-0.1, -0.05) is 12.1 Å². The normalized spacial score (nSPS) is 10.1. The molecule has 24 heavy (non-hydrogen) atoms. The van der Waals surface area contributed by atoms with Gasteiger partial charge in [0.1, 0.15) is 17.5 Å². The third-order valence-electron chi connectivity index (χ3n) is 3.51. The van der Waals surface area contributed by atoms with Gasteiger partial charge in [0, 0.05) is 29.6 Å². The Morgan fingerprint density at radius 1 is 1.17 bits per heavy atom. The van der Waals surface area contributed by atoms with Gasteiger partial charge in [-0.2, -0.15) is 5.26 Å². The van der Waals surface area contributed by atoms with E-state index >= 15 is 0 Å². The van der Waals surface area contributed by atoms with Gasteiger partial charge in [0.05, 0.1) is 16.2 Å². The fourth-order valence-electron chi connectivity index (χ4n) is 2.42. The molecule has 0 saturated carbocycles. The third-order valence-corrected chi connectivity index (χ3v) is 3.51. The van der Waals surface area contributed by atoms with Crippen LogP contribution >= 0.6 is 0 Å². The molecular weight excluding hydrogens is 306 g/mol. The Bertz CT molecular complexity index is 964. The van der Waals surface area contributed by atoms with E-state index in [-0.39, 0.29) is 17.1 Å². The van der Waals surface area contributed by atoms with Crippen LogP contribution in [-0.4, -0.2) is 14.9 Å². The summed E-state index contributed by atoms with van der Waals surface area (Å²) < 4.78 is 0. The Labute approximate surface area is 137 Å². The van der Waals surface area contributed by atoms with E-state index < -0.39 is 4.92 Å². The maximum Gasteiger partial charge on any atom is 0.277 e. The van der Waals surface area contributed by atoms with Crippen LogP contribution in [-0.2, 0) is 0 Å². The summed E-state index contributed by atoms with van der Waals surface area (Å²) in [6, 6.07) is 13.4. The number of nitriles is 1. The van der Waals surface area contributed by atoms with Gasteiger partial charge in [-0.3, -0.25) is 15.1 Å². The zero-order chi connectivity index (χ0) is 17.1. The number of hydrogen-bond acceptors (Lipinski definition) is 6. The number of hydrogen-bond donors (Lipinski definition) is 1. The lowest BCUT2D eigenvalue weighted by molar-refractivity contribution is -0.384. The Morgan fingerprint density at radius 2 is 1.96 bits per heavy atom. The van der Waals surface area contributed by atoms with Crippen molar-refractivity contribution in [1.29, 1.82) is 5.26 Å². The quantitative estimate of drug-likeness (QED) is 0.585. The van der Waals surface area contributed by atoms with E-state index in [0.29, 0.717) is 22.4 Å². The molecule has 0 aliphatic carbocycles. The first kappa shape index (κ1) is 15.1. The molecule has 0 fully saturated rings. The van der Waals surface area contributed by atoms with Gasteiger partial charge in [-0.05, 0) is 24.3 Å². The molecule has 7 heteroatoms. The standard InChI is InChI=1S/C17H11N5O2/c18-9-14-13(12-5-1-2-6-16(12)22(23)24)8-15(21-17(14)19)11-4-3-7-20-10-11/h1-8,10H,(H2,19,21). The lowest BCUT2D eigenvalue weighted by Crippen LogP contribution is -2.01. The van der Waals surface area contributed by atoms with E-state index in [9.17, 15) is 15.4 Å². The van der Waals surface area contributed by atoms with Crippen molar-refractivity contribution in [3.63, 3.8) is 0 Å². The lowest BCUT2D eigenvalue weighted by atomic mass is 9.97. The number of nitrogens with zero attached hydrogens (tertiary/aromatic N) is 4. The first-order valence-corrected chi connectivity index (χ1v) is 6.96. The molecule has 0 aliphatic rings. The number of anilines is 1. The SMILES string of the molecule is N#Cc1c(-c2ccccc2[N+](=O)[O-])cc(-c2cccnc2)nc1N. The summed E-state index contributed by atoms with van der Waals surface area (Å²) in [5.74, 6) is 0.0204. The van der Waals surface area contributed by atoms with E-state index in [1.165, 1.54) is 6.07 Å². The number of nitrogen functional groups attached to an aromatic ring is 1. The first-order chi connectivity index (χ1) is 11.6. The van der Waals surface area contributed by atoms with Crippen molar-refractivity contribution >= 4 is 11.5 Å². The fourth-order valence-corrected chi connectivity index (χ4v) is 2.42. The topological polar surface area (TPSA) is 119 Å². The molecular formula is C17H11N5O2. The predicted octanol–water partition coefficient (Wildman–Crippen LogP) is 3.17. The second-order valence-corrected chi connectivity index (χ2v) is 4.94. The van der Waals surface area contributed by atoms with E-state index in [1.54, 1.807) is 48.8 Å². The van der Waals surface area contributed by atoms with Gasteiger partial charge in [-0.15, -0.1) is 0 Å². The highest BCUT2D eigenvalue weighted by atomic mass is 16.6. The van der Waals surface area contributed by atoms with Crippen LogP contribution in [0.25, 0.3) is 22.4 Å². The Morgan fingerprint density at radius 3 is 2.62 bits per heavy atom. The monoisotopic (exact) mass is 317 g/mol. The van der Waals surface area contributed by atoms with Gasteiger partial charge < -0.3 is 5.73 Å². The number of rotatable bonds is 3. The number of para-hydroxylation sites is 1. The average Bonchev–Trinajstić information content (AvgIpc) is 2.61. The van der Waals surface area contributed by atoms with Crippen molar-refractivity contribution in [3.05, 3.63) is 70.5 Å². The van der Waals surface area contributed by atoms with Crippen LogP contribution in [0.1, 0.15) is 5.56 Å². The number of aromatic nitrogens is 2. The van der Waals surface area contributed by atoms with Crippen LogP contribution in [0.2, 0.25) is 0 Å². The maximum absolute atomic E-state index is 11.3. The molecule has 0 aliphatic heterocycles. The predicted molar refractivity (Wildman–Crippen MR) is 88.7 cm³/mol. The molecule has 2 N–H and O–H groups in total. The molecule has 3 rings (SSSR count). The minimum Gasteiger partial charge on any atom is -0.383 e. The zero-order valence-electron chi connectivity index (χ0n) is 12.4. The van der Waals surface area contributed by atoms with Crippen molar-refractivity contribution in [2.75, 3.05) is 5.73 Å². The molecule has 7 nitrogen and oxygen atoms in total. The summed E-state index contributed by atoms with van der Waals surface area (Å²) in [6.45, 7) is 0. The van der Waals surface area contributed by atoms with Gasteiger partial charge in [0.2, 0.25) is 0 Å². The highest BCUT2D eigenvalue weighted by Crippen LogP contribution is 2.35. The fraction of sp³-hybridized carbons (Fsp3) is 0. The molecule has 116 valence electrons. The average molecular weight is 317 g/mol. The molecule has 0 saturated heterocycles. The largest absolute Gasteiger partial charge is 0.383 e. The van der Waals surface area contributed by atoms with Crippen LogP contribution in [0.4, 0.5) is 11.5 Å². The lowest BCUT2D eigenvalue weighted by Gasteiger charge is -2.10. The summed E-state index contributed by atoms with van der Waals surface area (Å²) in [5.41, 5.74) is 7.80. The minimum absolute atomic E-state index is 0.0204. The summed E-state index contributed by atoms with van der Waals surface area (Å²) in [5, 5.41) is 20.7. The van der Waals surface area contributed by atoms with Gasteiger partial charge >= 0.3 is 0 Å². The molecule has 2 heterocycles. The van der Waals surface area contributed by atoms with E-state index in [1.807, 2.05) is 6.07 Å². The Balaban J connectivity index is 2.30. The summed E-state index contributed by atoms with van der Waals surface area (Å²) in [7, 11) is 0. The van der Waals surface area contributed by atoms with Gasteiger partial charge in [0.15, 0.2) is 0 Å². The van der Waals surface area contributed by atoms with Crippen molar-refractivity contribution < 1.29 is 4.92 Å². The van der Waals surface area contributed by atoms with Crippen molar-refractivity contribution in [3.8, 4) is 28.5 Å². The highest BCUT2D eigenvalue weighted by molar-refractivity contribution is 5.84. The van der Waals surface area contributed by atoms with Crippen LogP contribution in [0.3, 0.4) is 0 Å². The maximum atomic E-state index is 11.3. The Kier molecular flexibility index (Phi) is 3.87. The van der Waals surface area contributed by atoms with Crippen molar-refractivity contribution in [1.82, 2.24) is 9.97 Å². The van der Waals surface area contributed by atoms with Gasteiger partial charge in [-0.25, -0.2) is 4.98 Å². The van der Waals surface area contributed by atoms with Crippen molar-refractivity contribution in [2.45, 2.75) is 0 Å². The molecule has 0 bridgehead atoms. The molecule has 3 aromatic rings. The number of nitro groups is 1. The molecule has 0 unspecified atom stereocenters. The highest BCUT2D eigenvalue weighted by Gasteiger charge is 2.20. The second-order valence-electron chi connectivity index (χ2n) is 4.94. The van der Waals surface area contributed by atoms with Crippen LogP contribution < -0.4 is 5.73 Å². The molecule has 1 aromatic carbocycles. The molecule has 0 amide bonds. The van der Waals surface area contributed by atoms with E-state index in [0.717, 1.165) is 0 Å². The summed E-state index contributed by atoms with van der Waals surface area (Å²) in [6.07, 6.45) is 3.23. The van der Waals surface area contributed by atoms with Crippen LogP contribution in [0, 0.1) is 21.4 Å². The van der Waals surface area contributed by atoms with Crippen LogP contribution in [0.5, 0.6) is 0 Å². The number of nitrogens with two attached hydrogens (primary N) is 1. The number of nitro benzene ring substituents is 1. The second kappa shape index (κ2) is 6.14. The smallest absolute Gasteiger partial charge is 0.277 e. The number of pyridine rings is 2. The zero-order valence-corrected chi connectivity index (χ0v) is 12.4. The van der Waals surface area contributed by atoms with Crippen LogP contribution in [0.15, 0.2) is 54.9 Å². The van der Waals surface area contributed by atoms with Crippen molar-refractivity contribution in [2.24, 2.45) is 0 Å². The third kappa shape index (κ3) is 2.64. The summed E-state index contributed by atoms with van der Waals surface area (Å²) in [4.78, 5) is 19.1. The van der Waals surface area contributed by atoms with Gasteiger partial charge in [0.25, 0.3) is 5.69 Å². The number of benzene rings is 1. The molecule has 0 spiro atoms. The first-order valence-electron chi connectivity index (χ1n) is 6.96. The minimum atomic E-state index is -0.489.